The molecule has 4 rings (SSSR count). The van der Waals surface area contributed by atoms with Crippen LogP contribution in [0.3, 0.4) is 0 Å². The monoisotopic (exact) mass is 528 g/mol. The van der Waals surface area contributed by atoms with Crippen molar-refractivity contribution in [1.29, 1.82) is 0 Å². The quantitative estimate of drug-likeness (QED) is 0.253. The SMILES string of the molecule is C=CCCOC(=O)[C@H]1[C@H]2C(=O)N(CCCO)C(C(=O)N(CC=C)c3ccc(OC)cc3)C23CC[C@]1(C)S3. The Morgan fingerprint density at radius 3 is 2.59 bits per heavy atom. The lowest BCUT2D eigenvalue weighted by atomic mass is 9.66. The van der Waals surface area contributed by atoms with E-state index in [0.717, 1.165) is 0 Å². The molecule has 2 amide bonds. The first-order valence-electron chi connectivity index (χ1n) is 12.7. The van der Waals surface area contributed by atoms with E-state index in [1.807, 2.05) is 19.1 Å². The van der Waals surface area contributed by atoms with Gasteiger partial charge in [0, 0.05) is 30.1 Å². The number of aliphatic hydroxyl groups excluding tert-OH is 1. The molecule has 3 fully saturated rings. The maximum atomic E-state index is 14.4. The molecule has 5 atom stereocenters. The zero-order valence-electron chi connectivity index (χ0n) is 21.6. The summed E-state index contributed by atoms with van der Waals surface area (Å²) in [6.45, 7) is 10.1. The Labute approximate surface area is 222 Å². The number of ether oxygens (including phenoxy) is 2. The first kappa shape index (κ1) is 27.3. The molecule has 3 heterocycles. The number of esters is 1. The van der Waals surface area contributed by atoms with Crippen molar-refractivity contribution in [2.75, 3.05) is 38.3 Å². The summed E-state index contributed by atoms with van der Waals surface area (Å²) in [7, 11) is 1.58. The van der Waals surface area contributed by atoms with Crippen molar-refractivity contribution >= 4 is 35.2 Å². The van der Waals surface area contributed by atoms with Gasteiger partial charge in [0.25, 0.3) is 5.91 Å². The maximum Gasteiger partial charge on any atom is 0.311 e. The first-order valence-corrected chi connectivity index (χ1v) is 13.5. The van der Waals surface area contributed by atoms with Crippen molar-refractivity contribution in [3.8, 4) is 5.75 Å². The Bertz CT molecular complexity index is 1060. The molecule has 0 aliphatic carbocycles. The maximum absolute atomic E-state index is 14.4. The predicted molar refractivity (Wildman–Crippen MR) is 143 cm³/mol. The van der Waals surface area contributed by atoms with E-state index >= 15 is 0 Å². The van der Waals surface area contributed by atoms with E-state index in [-0.39, 0.29) is 44.1 Å². The topological polar surface area (TPSA) is 96.4 Å². The van der Waals surface area contributed by atoms with Gasteiger partial charge in [-0.1, -0.05) is 12.2 Å². The van der Waals surface area contributed by atoms with Crippen LogP contribution in [-0.2, 0) is 19.1 Å². The van der Waals surface area contributed by atoms with Gasteiger partial charge in [-0.3, -0.25) is 14.4 Å². The second-order valence-corrected chi connectivity index (χ2v) is 11.9. The summed E-state index contributed by atoms with van der Waals surface area (Å²) in [5.41, 5.74) is 0.671. The Kier molecular flexibility index (Phi) is 8.04. The number of nitrogens with zero attached hydrogens (tertiary/aromatic N) is 2. The molecule has 37 heavy (non-hydrogen) atoms. The van der Waals surface area contributed by atoms with Crippen LogP contribution in [0, 0.1) is 11.8 Å². The van der Waals surface area contributed by atoms with E-state index in [1.54, 1.807) is 53.0 Å². The van der Waals surface area contributed by atoms with Gasteiger partial charge in [-0.05, 0) is 56.9 Å². The van der Waals surface area contributed by atoms with Crippen LogP contribution in [-0.4, -0.2) is 76.7 Å². The summed E-state index contributed by atoms with van der Waals surface area (Å²) in [4.78, 5) is 44.9. The smallest absolute Gasteiger partial charge is 0.311 e. The van der Waals surface area contributed by atoms with Gasteiger partial charge in [-0.2, -0.15) is 0 Å². The van der Waals surface area contributed by atoms with Crippen LogP contribution in [0.15, 0.2) is 49.6 Å². The highest BCUT2D eigenvalue weighted by Gasteiger charge is 2.77. The Hall–Kier alpha value is -2.78. The fraction of sp³-hybridized carbons (Fsp3) is 0.536. The van der Waals surface area contributed by atoms with E-state index in [2.05, 4.69) is 13.2 Å². The number of rotatable bonds is 12. The van der Waals surface area contributed by atoms with Crippen molar-refractivity contribution < 1.29 is 29.0 Å². The van der Waals surface area contributed by atoms with Crippen molar-refractivity contribution in [3.05, 3.63) is 49.6 Å². The van der Waals surface area contributed by atoms with Crippen molar-refractivity contribution in [2.24, 2.45) is 11.8 Å². The van der Waals surface area contributed by atoms with Crippen LogP contribution < -0.4 is 9.64 Å². The van der Waals surface area contributed by atoms with Gasteiger partial charge in [0.1, 0.15) is 11.8 Å². The number of hydrogen-bond donors (Lipinski definition) is 1. The van der Waals surface area contributed by atoms with Crippen molar-refractivity contribution in [1.82, 2.24) is 4.90 Å². The van der Waals surface area contributed by atoms with E-state index < -0.39 is 27.4 Å². The molecular weight excluding hydrogens is 492 g/mol. The standard InChI is InChI=1S/C28H36N2O6S/c1-5-7-18-36-26(34)22-21-24(32)30(16-8-17-31)23(28(21)14-13-27(22,3)37-28)25(33)29(15-6-2)19-9-11-20(35-4)12-10-19/h5-6,9-12,21-23,31H,1-2,7-8,13-18H2,3-4H3/t21-,22+,23?,27-,28?/m0/s1. The van der Waals surface area contributed by atoms with Gasteiger partial charge in [0.05, 0.1) is 30.3 Å². The highest BCUT2D eigenvalue weighted by molar-refractivity contribution is 8.02. The van der Waals surface area contributed by atoms with Crippen molar-refractivity contribution in [2.45, 2.75) is 48.1 Å². The van der Waals surface area contributed by atoms with E-state index in [0.29, 0.717) is 37.1 Å². The molecule has 2 unspecified atom stereocenters. The van der Waals surface area contributed by atoms with Crippen molar-refractivity contribution in [3.63, 3.8) is 0 Å². The lowest BCUT2D eigenvalue weighted by molar-refractivity contribution is -0.155. The normalized spacial score (nSPS) is 29.6. The number of likely N-dealkylation sites (tertiary alicyclic amines) is 1. The Morgan fingerprint density at radius 1 is 1.24 bits per heavy atom. The largest absolute Gasteiger partial charge is 0.497 e. The number of hydrogen-bond acceptors (Lipinski definition) is 7. The molecule has 2 bridgehead atoms. The summed E-state index contributed by atoms with van der Waals surface area (Å²) < 4.78 is 9.61. The third kappa shape index (κ3) is 4.56. The highest BCUT2D eigenvalue weighted by Crippen LogP contribution is 2.71. The number of anilines is 1. The number of fused-ring (bicyclic) bond motifs is 1. The second-order valence-electron chi connectivity index (χ2n) is 10.0. The van der Waals surface area contributed by atoms with Gasteiger partial charge in [0.15, 0.2) is 0 Å². The third-order valence-corrected chi connectivity index (χ3v) is 9.84. The lowest BCUT2D eigenvalue weighted by Crippen LogP contribution is -2.55. The van der Waals surface area contributed by atoms with Gasteiger partial charge in [0.2, 0.25) is 5.91 Å². The minimum absolute atomic E-state index is 0.102. The van der Waals surface area contributed by atoms with E-state index in [1.165, 1.54) is 0 Å². The molecule has 3 saturated heterocycles. The van der Waals surface area contributed by atoms with Crippen LogP contribution in [0.2, 0.25) is 0 Å². The molecular formula is C28H36N2O6S. The summed E-state index contributed by atoms with van der Waals surface area (Å²) in [6.07, 6.45) is 5.59. The van der Waals surface area contributed by atoms with Gasteiger partial charge < -0.3 is 24.4 Å². The zero-order chi connectivity index (χ0) is 26.8. The molecule has 3 aliphatic rings. The fourth-order valence-electron chi connectivity index (χ4n) is 6.24. The molecule has 0 saturated carbocycles. The van der Waals surface area contributed by atoms with E-state index in [9.17, 15) is 19.5 Å². The number of methoxy groups -OCH3 is 1. The summed E-state index contributed by atoms with van der Waals surface area (Å²) in [6, 6.07) is 6.43. The molecule has 1 spiro atoms. The number of aliphatic hydroxyl groups is 1. The van der Waals surface area contributed by atoms with Gasteiger partial charge in [-0.25, -0.2) is 0 Å². The fourth-order valence-corrected chi connectivity index (χ4v) is 8.58. The third-order valence-electron chi connectivity index (χ3n) is 7.85. The number of carbonyl (C=O) groups excluding carboxylic acids is 3. The molecule has 1 aromatic rings. The molecule has 1 aromatic carbocycles. The average Bonchev–Trinajstić information content (AvgIpc) is 3.46. The highest BCUT2D eigenvalue weighted by atomic mass is 32.2. The Morgan fingerprint density at radius 2 is 1.97 bits per heavy atom. The lowest BCUT2D eigenvalue weighted by Gasteiger charge is -2.37. The summed E-state index contributed by atoms with van der Waals surface area (Å²) in [5, 5.41) is 9.55. The van der Waals surface area contributed by atoms with Gasteiger partial charge in [-0.15, -0.1) is 24.9 Å². The Balaban J connectivity index is 1.74. The van der Waals surface area contributed by atoms with Gasteiger partial charge >= 0.3 is 5.97 Å². The van der Waals surface area contributed by atoms with Crippen LogP contribution in [0.4, 0.5) is 5.69 Å². The molecule has 0 aromatic heterocycles. The molecule has 9 heteroatoms. The van der Waals surface area contributed by atoms with E-state index in [4.69, 9.17) is 9.47 Å². The number of carbonyl (C=O) groups is 3. The number of amides is 2. The molecule has 1 N–H and O–H groups in total. The minimum Gasteiger partial charge on any atom is -0.497 e. The van der Waals surface area contributed by atoms with Crippen LogP contribution in [0.25, 0.3) is 0 Å². The number of thioether (sulfide) groups is 1. The minimum atomic E-state index is -0.767. The van der Waals surface area contributed by atoms with Crippen LogP contribution in [0.1, 0.15) is 32.6 Å². The average molecular weight is 529 g/mol. The zero-order valence-corrected chi connectivity index (χ0v) is 22.4. The van der Waals surface area contributed by atoms with Crippen LogP contribution in [0.5, 0.6) is 5.75 Å². The molecule has 8 nitrogen and oxygen atoms in total. The summed E-state index contributed by atoms with van der Waals surface area (Å²) in [5.74, 6) is -1.42. The molecule has 3 aliphatic heterocycles. The predicted octanol–water partition coefficient (Wildman–Crippen LogP) is 3.20. The molecule has 0 radical (unpaired) electrons. The number of benzene rings is 1. The second kappa shape index (κ2) is 10.9. The molecule has 200 valence electrons. The summed E-state index contributed by atoms with van der Waals surface area (Å²) >= 11 is 1.60. The van der Waals surface area contributed by atoms with Crippen LogP contribution >= 0.6 is 11.8 Å². The first-order chi connectivity index (χ1) is 17.8.